The largest absolute Gasteiger partial charge is 0.493 e. The summed E-state index contributed by atoms with van der Waals surface area (Å²) in [4.78, 5) is 14.7. The number of carbonyl (C=O) groups is 1. The summed E-state index contributed by atoms with van der Waals surface area (Å²) in [6.07, 6.45) is 1.78. The molecule has 27 heavy (non-hydrogen) atoms. The van der Waals surface area contributed by atoms with Crippen LogP contribution in [0, 0.1) is 5.82 Å². The first-order valence-electron chi connectivity index (χ1n) is 8.27. The Balaban J connectivity index is 1.88. The number of thioether (sulfide) groups is 1. The first kappa shape index (κ1) is 19.4. The van der Waals surface area contributed by atoms with Crippen LogP contribution in [0.1, 0.15) is 19.4 Å². The van der Waals surface area contributed by atoms with Crippen LogP contribution in [0.4, 0.5) is 10.1 Å². The summed E-state index contributed by atoms with van der Waals surface area (Å²) in [6.45, 7) is 3.88. The van der Waals surface area contributed by atoms with Gasteiger partial charge >= 0.3 is 0 Å². The fourth-order valence-electron chi connectivity index (χ4n) is 2.56. The van der Waals surface area contributed by atoms with Crippen molar-refractivity contribution in [2.45, 2.75) is 20.0 Å². The van der Waals surface area contributed by atoms with Crippen molar-refractivity contribution < 1.29 is 18.7 Å². The number of rotatable bonds is 5. The minimum absolute atomic E-state index is 0.0247. The Bertz CT molecular complexity index is 910. The normalized spacial score (nSPS) is 15.7. The summed E-state index contributed by atoms with van der Waals surface area (Å²) >= 11 is 6.54. The van der Waals surface area contributed by atoms with Gasteiger partial charge in [0.2, 0.25) is 0 Å². The van der Waals surface area contributed by atoms with Crippen LogP contribution in [0.5, 0.6) is 11.5 Å². The average Bonchev–Trinajstić information content (AvgIpc) is 2.90. The SMILES string of the molecule is COc1cc(/C=C2/SC(=S)N(c3ccc(F)cc3)C2=O)ccc1OC(C)C. The van der Waals surface area contributed by atoms with Gasteiger partial charge in [-0.2, -0.15) is 0 Å². The maximum atomic E-state index is 13.1. The van der Waals surface area contributed by atoms with Crippen molar-refractivity contribution in [3.8, 4) is 11.5 Å². The highest BCUT2D eigenvalue weighted by Crippen LogP contribution is 2.37. The number of anilines is 1. The van der Waals surface area contributed by atoms with Crippen molar-refractivity contribution in [1.82, 2.24) is 0 Å². The number of methoxy groups -OCH3 is 1. The van der Waals surface area contributed by atoms with Gasteiger partial charge in [0.15, 0.2) is 15.8 Å². The van der Waals surface area contributed by atoms with Crippen molar-refractivity contribution in [3.63, 3.8) is 0 Å². The lowest BCUT2D eigenvalue weighted by atomic mass is 10.1. The highest BCUT2D eigenvalue weighted by molar-refractivity contribution is 8.27. The number of hydrogen-bond donors (Lipinski definition) is 0. The Kier molecular flexibility index (Phi) is 5.82. The van der Waals surface area contributed by atoms with Crippen LogP contribution in [0.2, 0.25) is 0 Å². The van der Waals surface area contributed by atoms with Gasteiger partial charge < -0.3 is 9.47 Å². The van der Waals surface area contributed by atoms with E-state index in [2.05, 4.69) is 0 Å². The van der Waals surface area contributed by atoms with E-state index in [0.29, 0.717) is 26.4 Å². The van der Waals surface area contributed by atoms with Crippen LogP contribution in [-0.2, 0) is 4.79 Å². The van der Waals surface area contributed by atoms with Crippen LogP contribution in [0.3, 0.4) is 0 Å². The minimum Gasteiger partial charge on any atom is -0.493 e. The lowest BCUT2D eigenvalue weighted by molar-refractivity contribution is -0.113. The number of benzene rings is 2. The Hall–Kier alpha value is -2.38. The number of thiocarbonyl (C=S) groups is 1. The van der Waals surface area contributed by atoms with Gasteiger partial charge in [-0.15, -0.1) is 0 Å². The summed E-state index contributed by atoms with van der Waals surface area (Å²) in [5, 5.41) is 0. The fraction of sp³-hybridized carbons (Fsp3) is 0.200. The Morgan fingerprint density at radius 2 is 1.85 bits per heavy atom. The number of ether oxygens (including phenoxy) is 2. The van der Waals surface area contributed by atoms with E-state index in [9.17, 15) is 9.18 Å². The quantitative estimate of drug-likeness (QED) is 0.517. The van der Waals surface area contributed by atoms with Gasteiger partial charge in [-0.1, -0.05) is 30.0 Å². The maximum absolute atomic E-state index is 13.1. The van der Waals surface area contributed by atoms with Gasteiger partial charge in [-0.05, 0) is 61.9 Å². The van der Waals surface area contributed by atoms with E-state index in [0.717, 1.165) is 5.56 Å². The molecule has 1 fully saturated rings. The lowest BCUT2D eigenvalue weighted by Crippen LogP contribution is -2.27. The van der Waals surface area contributed by atoms with E-state index in [-0.39, 0.29) is 17.8 Å². The molecule has 4 nitrogen and oxygen atoms in total. The van der Waals surface area contributed by atoms with Crippen molar-refractivity contribution in [1.29, 1.82) is 0 Å². The standard InChI is InChI=1S/C20H18FNO3S2/c1-12(2)25-16-9-4-13(10-17(16)24-3)11-18-19(23)22(20(26)27-18)15-7-5-14(21)6-8-15/h4-12H,1-3H3/b18-11+. The maximum Gasteiger partial charge on any atom is 0.270 e. The molecule has 0 radical (unpaired) electrons. The lowest BCUT2D eigenvalue weighted by Gasteiger charge is -2.14. The predicted octanol–water partition coefficient (Wildman–Crippen LogP) is 5.03. The molecule has 1 amide bonds. The van der Waals surface area contributed by atoms with Crippen molar-refractivity contribution in [2.75, 3.05) is 12.0 Å². The van der Waals surface area contributed by atoms with E-state index in [1.54, 1.807) is 13.2 Å². The number of amides is 1. The number of nitrogens with zero attached hydrogens (tertiary/aromatic N) is 1. The molecule has 0 N–H and O–H groups in total. The summed E-state index contributed by atoms with van der Waals surface area (Å²) in [5.41, 5.74) is 1.34. The van der Waals surface area contributed by atoms with Gasteiger partial charge in [-0.3, -0.25) is 9.69 Å². The summed E-state index contributed by atoms with van der Waals surface area (Å²) in [6, 6.07) is 11.1. The second kappa shape index (κ2) is 8.10. The minimum atomic E-state index is -0.365. The monoisotopic (exact) mass is 403 g/mol. The van der Waals surface area contributed by atoms with Gasteiger partial charge in [0.05, 0.1) is 23.8 Å². The molecule has 2 aromatic rings. The molecule has 0 atom stereocenters. The van der Waals surface area contributed by atoms with E-state index in [1.807, 2.05) is 32.0 Å². The third-order valence-corrected chi connectivity index (χ3v) is 5.03. The molecule has 1 saturated heterocycles. The molecular weight excluding hydrogens is 385 g/mol. The molecule has 0 aliphatic carbocycles. The first-order valence-corrected chi connectivity index (χ1v) is 9.49. The van der Waals surface area contributed by atoms with Gasteiger partial charge in [-0.25, -0.2) is 4.39 Å². The molecule has 1 heterocycles. The Morgan fingerprint density at radius 1 is 1.15 bits per heavy atom. The highest BCUT2D eigenvalue weighted by Gasteiger charge is 2.33. The average molecular weight is 404 g/mol. The van der Waals surface area contributed by atoms with E-state index < -0.39 is 0 Å². The second-order valence-electron chi connectivity index (χ2n) is 6.07. The van der Waals surface area contributed by atoms with Gasteiger partial charge in [0, 0.05) is 0 Å². The molecule has 1 aliphatic heterocycles. The smallest absolute Gasteiger partial charge is 0.270 e. The summed E-state index contributed by atoms with van der Waals surface area (Å²) in [5.74, 6) is 0.628. The fourth-order valence-corrected chi connectivity index (χ4v) is 3.86. The molecule has 7 heteroatoms. The number of halogens is 1. The Morgan fingerprint density at radius 3 is 2.48 bits per heavy atom. The van der Waals surface area contributed by atoms with Crippen molar-refractivity contribution in [3.05, 3.63) is 58.8 Å². The van der Waals surface area contributed by atoms with E-state index in [4.69, 9.17) is 21.7 Å². The van der Waals surface area contributed by atoms with Crippen molar-refractivity contribution in [2.24, 2.45) is 0 Å². The molecule has 3 rings (SSSR count). The highest BCUT2D eigenvalue weighted by atomic mass is 32.2. The topological polar surface area (TPSA) is 38.8 Å². The molecule has 140 valence electrons. The van der Waals surface area contributed by atoms with Crippen LogP contribution in [0.15, 0.2) is 47.4 Å². The van der Waals surface area contributed by atoms with Crippen LogP contribution in [-0.4, -0.2) is 23.4 Å². The third kappa shape index (κ3) is 4.31. The Labute approximate surface area is 167 Å². The molecule has 0 bridgehead atoms. The molecule has 0 unspecified atom stereocenters. The molecular formula is C20H18FNO3S2. The predicted molar refractivity (Wildman–Crippen MR) is 111 cm³/mol. The third-order valence-electron chi connectivity index (χ3n) is 3.73. The summed E-state index contributed by atoms with van der Waals surface area (Å²) in [7, 11) is 1.57. The first-order chi connectivity index (χ1) is 12.9. The molecule has 0 aromatic heterocycles. The second-order valence-corrected chi connectivity index (χ2v) is 7.75. The summed E-state index contributed by atoms with van der Waals surface area (Å²) < 4.78 is 24.6. The number of hydrogen-bond acceptors (Lipinski definition) is 5. The van der Waals surface area contributed by atoms with Gasteiger partial charge in [0.25, 0.3) is 5.91 Å². The molecule has 0 saturated carbocycles. The van der Waals surface area contributed by atoms with Crippen LogP contribution < -0.4 is 14.4 Å². The molecule has 0 spiro atoms. The van der Waals surface area contributed by atoms with E-state index >= 15 is 0 Å². The zero-order valence-electron chi connectivity index (χ0n) is 15.1. The van der Waals surface area contributed by atoms with Gasteiger partial charge in [0.1, 0.15) is 5.82 Å². The van der Waals surface area contributed by atoms with Crippen molar-refractivity contribution >= 4 is 46.0 Å². The van der Waals surface area contributed by atoms with E-state index in [1.165, 1.54) is 40.9 Å². The van der Waals surface area contributed by atoms with Crippen LogP contribution >= 0.6 is 24.0 Å². The number of carbonyl (C=O) groups excluding carboxylic acids is 1. The molecule has 1 aliphatic rings. The zero-order valence-corrected chi connectivity index (χ0v) is 16.7. The zero-order chi connectivity index (χ0) is 19.6. The molecule has 2 aromatic carbocycles. The van der Waals surface area contributed by atoms with Crippen LogP contribution in [0.25, 0.3) is 6.08 Å².